The van der Waals surface area contributed by atoms with Crippen molar-refractivity contribution in [2.24, 2.45) is 0 Å². The van der Waals surface area contributed by atoms with Gasteiger partial charge in [0.05, 0.1) is 5.97 Å². The van der Waals surface area contributed by atoms with Gasteiger partial charge in [-0.05, 0) is 0 Å². The van der Waals surface area contributed by atoms with Gasteiger partial charge in [-0.15, -0.1) is 0 Å². The van der Waals surface area contributed by atoms with E-state index in [0.29, 0.717) is 0 Å². The molecule has 8 heteroatoms. The van der Waals surface area contributed by atoms with Crippen LogP contribution in [0.1, 0.15) is 12.8 Å². The van der Waals surface area contributed by atoms with E-state index >= 15 is 0 Å². The van der Waals surface area contributed by atoms with Gasteiger partial charge in [-0.25, -0.2) is 0 Å². The Labute approximate surface area is 103 Å². The summed E-state index contributed by atoms with van der Waals surface area (Å²) in [6.07, 6.45) is -2.72. The first-order valence-corrected chi connectivity index (χ1v) is 3.11. The van der Waals surface area contributed by atoms with Crippen molar-refractivity contribution in [2.75, 3.05) is 0 Å². The summed E-state index contributed by atoms with van der Waals surface area (Å²) in [5.41, 5.74) is -2.97. The van der Waals surface area contributed by atoms with Crippen molar-refractivity contribution in [3.05, 3.63) is 0 Å². The maximum Gasteiger partial charge on any atom is 0.114 e. The van der Waals surface area contributed by atoms with Crippen LogP contribution in [-0.2, 0) is 14.4 Å². The monoisotopic (exact) mass is 420 g/mol. The minimum Gasteiger partial charge on any atom is -0.550 e. The Kier molecular flexibility index (Phi) is 6.87. The summed E-state index contributed by atoms with van der Waals surface area (Å²) in [6, 6.07) is 0. The predicted octanol–water partition coefficient (Wildman–Crippen LogP) is -5.25. The molecule has 0 amide bonds. The molecule has 0 aromatic heterocycles. The molecular formula is C6H5O7Pa-3. The summed E-state index contributed by atoms with van der Waals surface area (Å²) >= 11 is 0. The SMILES string of the molecule is O=C([O-])CC(O)(CC(=O)[O-])C(=O)[O-].[231Pa]. The maximum atomic E-state index is 10.1. The molecule has 14 heavy (non-hydrogen) atoms. The smallest absolute Gasteiger partial charge is 0.114 e. The zero-order valence-electron chi connectivity index (χ0n) is 6.89. The molecule has 7 nitrogen and oxygen atoms in total. The number of carboxylic acid groups (broad SMARTS) is 3. The van der Waals surface area contributed by atoms with Gasteiger partial charge in [-0.2, -0.15) is 0 Å². The molecule has 0 aromatic carbocycles. The molecule has 0 aliphatic heterocycles. The van der Waals surface area contributed by atoms with Crippen LogP contribution in [0, 0.1) is 32.3 Å². The van der Waals surface area contributed by atoms with Gasteiger partial charge in [-0.1, -0.05) is 0 Å². The first kappa shape index (κ1) is 15.9. The number of hydrogen-bond acceptors (Lipinski definition) is 7. The first-order chi connectivity index (χ1) is 5.78. The van der Waals surface area contributed by atoms with E-state index in [0.717, 1.165) is 0 Å². The van der Waals surface area contributed by atoms with E-state index in [9.17, 15) is 29.7 Å². The minimum atomic E-state index is -2.97. The molecule has 1 N–H and O–H groups in total. The number of carboxylic acids is 3. The van der Waals surface area contributed by atoms with Gasteiger partial charge in [0.1, 0.15) is 5.60 Å². The first-order valence-electron chi connectivity index (χ1n) is 3.11. The second kappa shape index (κ2) is 6.04. The fourth-order valence-corrected chi connectivity index (χ4v) is 0.684. The largest absolute Gasteiger partial charge is 0.550 e. The Morgan fingerprint density at radius 2 is 1.29 bits per heavy atom. The van der Waals surface area contributed by atoms with Crippen LogP contribution >= 0.6 is 0 Å². The zero-order chi connectivity index (χ0) is 10.6. The van der Waals surface area contributed by atoms with Crippen LogP contribution in [-0.4, -0.2) is 28.6 Å². The summed E-state index contributed by atoms with van der Waals surface area (Å²) < 4.78 is 0. The van der Waals surface area contributed by atoms with Gasteiger partial charge in [0.15, 0.2) is 0 Å². The van der Waals surface area contributed by atoms with Crippen molar-refractivity contribution >= 4 is 17.9 Å². The molecule has 0 rings (SSSR count). The summed E-state index contributed by atoms with van der Waals surface area (Å²) in [5.74, 6) is -5.98. The van der Waals surface area contributed by atoms with Crippen LogP contribution in [0.15, 0.2) is 0 Å². The Morgan fingerprint density at radius 1 is 1.00 bits per heavy atom. The summed E-state index contributed by atoms with van der Waals surface area (Å²) in [7, 11) is 0. The second-order valence-corrected chi connectivity index (χ2v) is 2.42. The molecular weight excluding hydrogens is 415 g/mol. The molecule has 0 unspecified atom stereocenters. The Bertz CT molecular complexity index is 233. The molecule has 0 heterocycles. The second-order valence-electron chi connectivity index (χ2n) is 2.42. The molecule has 0 saturated carbocycles. The van der Waals surface area contributed by atoms with E-state index in [1.807, 2.05) is 0 Å². The van der Waals surface area contributed by atoms with Crippen molar-refractivity contribution < 1.29 is 67.1 Å². The molecule has 0 bridgehead atoms. The van der Waals surface area contributed by atoms with Crippen molar-refractivity contribution in [1.82, 2.24) is 0 Å². The molecule has 0 aromatic rings. The third-order valence-corrected chi connectivity index (χ3v) is 1.25. The molecule has 1 radical (unpaired) electrons. The van der Waals surface area contributed by atoms with E-state index < -0.39 is 36.4 Å². The predicted molar refractivity (Wildman–Crippen MR) is 29.2 cm³/mol. The van der Waals surface area contributed by atoms with Crippen LogP contribution in [0.5, 0.6) is 0 Å². The molecule has 0 fully saturated rings. The number of carbonyl (C=O) groups is 3. The normalized spacial score (nSPS) is 10.1. The minimum absolute atomic E-state index is 0. The van der Waals surface area contributed by atoms with Gasteiger partial charge < -0.3 is 34.8 Å². The van der Waals surface area contributed by atoms with Gasteiger partial charge in [0.2, 0.25) is 0 Å². The number of hydrogen-bond donors (Lipinski definition) is 1. The molecule has 0 saturated heterocycles. The zero-order valence-corrected chi connectivity index (χ0v) is 11.7. The average molecular weight is 420 g/mol. The number of aliphatic carboxylic acids is 3. The number of rotatable bonds is 5. The third-order valence-electron chi connectivity index (χ3n) is 1.25. The Morgan fingerprint density at radius 3 is 1.43 bits per heavy atom. The Hall–Kier alpha value is -0.539. The van der Waals surface area contributed by atoms with Crippen molar-refractivity contribution in [3.8, 4) is 0 Å². The fourth-order valence-electron chi connectivity index (χ4n) is 0.684. The van der Waals surface area contributed by atoms with Crippen LogP contribution < -0.4 is 15.3 Å². The topological polar surface area (TPSA) is 141 Å². The fraction of sp³-hybridized carbons (Fsp3) is 0.500. The molecule has 0 aliphatic rings. The maximum absolute atomic E-state index is 10.1. The van der Waals surface area contributed by atoms with E-state index in [-0.39, 0.29) is 32.3 Å². The van der Waals surface area contributed by atoms with E-state index in [4.69, 9.17) is 5.11 Å². The summed E-state index contributed by atoms with van der Waals surface area (Å²) in [4.78, 5) is 30.0. The standard InChI is InChI=1S/C6H8O7.Pa/c7-3(8)1-6(13,5(11)12)2-4(9)10;/h13H,1-2H2,(H,7,8)(H,9,10)(H,11,12);/p-3/i;1+0. The number of aliphatic hydroxyl groups is 1. The van der Waals surface area contributed by atoms with E-state index in [1.165, 1.54) is 0 Å². The Balaban J connectivity index is 0. The van der Waals surface area contributed by atoms with Crippen LogP contribution in [0.3, 0.4) is 0 Å². The molecule has 0 atom stereocenters. The third kappa shape index (κ3) is 5.25. The van der Waals surface area contributed by atoms with Gasteiger partial charge in [0.25, 0.3) is 0 Å². The molecule has 0 spiro atoms. The molecule has 77 valence electrons. The average Bonchev–Trinajstić information content (AvgIpc) is 1.82. The van der Waals surface area contributed by atoms with Crippen molar-refractivity contribution in [2.45, 2.75) is 18.4 Å². The van der Waals surface area contributed by atoms with E-state index in [1.54, 1.807) is 0 Å². The van der Waals surface area contributed by atoms with Gasteiger partial charge in [0, 0.05) is 57.1 Å². The van der Waals surface area contributed by atoms with Crippen LogP contribution in [0.4, 0.5) is 0 Å². The quantitative estimate of drug-likeness (QED) is 0.469. The number of carbonyl (C=O) groups excluding carboxylic acids is 3. The summed E-state index contributed by atoms with van der Waals surface area (Å²) in [5, 5.41) is 38.9. The van der Waals surface area contributed by atoms with Gasteiger partial charge >= 0.3 is 0 Å². The van der Waals surface area contributed by atoms with Crippen LogP contribution in [0.2, 0.25) is 0 Å². The summed E-state index contributed by atoms with van der Waals surface area (Å²) in [6.45, 7) is 0. The molecule has 0 aliphatic carbocycles. The van der Waals surface area contributed by atoms with E-state index in [2.05, 4.69) is 0 Å². The van der Waals surface area contributed by atoms with Crippen LogP contribution in [0.25, 0.3) is 0 Å². The van der Waals surface area contributed by atoms with Crippen molar-refractivity contribution in [3.63, 3.8) is 0 Å². The van der Waals surface area contributed by atoms with Gasteiger partial charge in [-0.3, -0.25) is 0 Å². The van der Waals surface area contributed by atoms with Crippen molar-refractivity contribution in [1.29, 1.82) is 0 Å².